The van der Waals surface area contributed by atoms with Crippen molar-refractivity contribution in [2.24, 2.45) is 0 Å². The summed E-state index contributed by atoms with van der Waals surface area (Å²) < 4.78 is 75.1. The summed E-state index contributed by atoms with van der Waals surface area (Å²) in [6.07, 6.45) is 0. The lowest BCUT2D eigenvalue weighted by molar-refractivity contribution is -0.399. The molecule has 0 N–H and O–H groups in total. The van der Waals surface area contributed by atoms with Crippen LogP contribution in [0.25, 0.3) is 0 Å². The fraction of sp³-hybridized carbons (Fsp3) is 0. The first-order valence-corrected chi connectivity index (χ1v) is 5.95. The van der Waals surface area contributed by atoms with Crippen LogP contribution in [0.4, 0.5) is 35.2 Å². The second-order valence-electron chi connectivity index (χ2n) is 3.26. The van der Waals surface area contributed by atoms with Crippen molar-refractivity contribution in [2.45, 2.75) is 4.90 Å². The van der Waals surface area contributed by atoms with Crippen LogP contribution in [0.2, 0.25) is 0 Å². The molecule has 0 heterocycles. The summed E-state index contributed by atoms with van der Waals surface area (Å²) in [4.78, 5) is 14.0. The second kappa shape index (κ2) is 3.28. The monoisotopic (exact) mass is 312 g/mol. The molecule has 108 valence electrons. The Morgan fingerprint density at radius 1 is 0.895 bits per heavy atom. The fourth-order valence-electron chi connectivity index (χ4n) is 1.06. The Bertz CT molecular complexity index is 564. The second-order valence-corrected chi connectivity index (χ2v) is 5.67. The smallest absolute Gasteiger partial charge is 0.258 e. The predicted molar refractivity (Wildman–Crippen MR) is 51.1 cm³/mol. The molecule has 0 amide bonds. The molecule has 0 saturated heterocycles. The van der Waals surface area contributed by atoms with Crippen molar-refractivity contribution >= 4 is 21.6 Å². The van der Waals surface area contributed by atoms with Gasteiger partial charge in [0.2, 0.25) is 0 Å². The van der Waals surface area contributed by atoms with Gasteiger partial charge in [0.05, 0.1) is 9.85 Å². The summed E-state index contributed by atoms with van der Waals surface area (Å²) in [7, 11) is -10.4. The molecule has 0 fully saturated rings. The summed E-state index contributed by atoms with van der Waals surface area (Å²) >= 11 is 0. The van der Waals surface area contributed by atoms with E-state index in [1.165, 1.54) is 0 Å². The Kier molecular flexibility index (Phi) is 2.59. The highest BCUT2D eigenvalue weighted by Gasteiger charge is 2.66. The van der Waals surface area contributed by atoms with Crippen molar-refractivity contribution in [3.63, 3.8) is 0 Å². The lowest BCUT2D eigenvalue weighted by atomic mass is 10.2. The van der Waals surface area contributed by atoms with E-state index in [1.54, 1.807) is 0 Å². The Labute approximate surface area is 99.2 Å². The minimum atomic E-state index is -10.4. The van der Waals surface area contributed by atoms with Crippen molar-refractivity contribution in [1.82, 2.24) is 0 Å². The van der Waals surface area contributed by atoms with Gasteiger partial charge < -0.3 is 0 Å². The molecule has 0 unspecified atom stereocenters. The Morgan fingerprint density at radius 3 is 1.42 bits per heavy atom. The molecular weight excluding hydrogens is 310 g/mol. The quantitative estimate of drug-likeness (QED) is 0.473. The zero-order valence-corrected chi connectivity index (χ0v) is 9.17. The highest BCUT2D eigenvalue weighted by Crippen LogP contribution is 3.02. The largest absolute Gasteiger partial charge is 0.313 e. The number of nitro groups is 2. The number of nitrogens with zero attached hydrogens (tertiary/aromatic N) is 2. The minimum absolute atomic E-state index is 0.774. The van der Waals surface area contributed by atoms with Crippen molar-refractivity contribution in [3.05, 3.63) is 38.2 Å². The normalized spacial score (nSPS) is 15.5. The molecule has 0 spiro atoms. The number of nitro benzene ring substituents is 2. The van der Waals surface area contributed by atoms with E-state index in [0.29, 0.717) is 0 Å². The van der Waals surface area contributed by atoms with Gasteiger partial charge in [0.15, 0.2) is 0 Å². The lowest BCUT2D eigenvalue weighted by Crippen LogP contribution is -2.09. The van der Waals surface area contributed by atoms with Crippen LogP contribution in [0, 0.1) is 26.0 Å². The first kappa shape index (κ1) is 15.0. The molecule has 0 aromatic heterocycles. The molecule has 1 aromatic rings. The fourth-order valence-corrected chi connectivity index (χ4v) is 1.73. The number of hydrogen-bond donors (Lipinski definition) is 0. The molecule has 1 aromatic carbocycles. The molecule has 0 aliphatic rings. The average Bonchev–Trinajstić information content (AvgIpc) is 2.12. The van der Waals surface area contributed by atoms with E-state index in [4.69, 9.17) is 0 Å². The van der Waals surface area contributed by atoms with Crippen molar-refractivity contribution in [1.29, 1.82) is 0 Å². The van der Waals surface area contributed by atoms with E-state index in [1.807, 2.05) is 0 Å². The van der Waals surface area contributed by atoms with Gasteiger partial charge in [-0.1, -0.05) is 19.4 Å². The topological polar surface area (TPSA) is 86.3 Å². The highest BCUT2D eigenvalue weighted by molar-refractivity contribution is 8.45. The molecule has 13 heteroatoms. The molecule has 0 radical (unpaired) electrons. The third-order valence-electron chi connectivity index (χ3n) is 1.85. The standard InChI is InChI=1S/C6H2F6N2O4S/c7-6-4(13(15)16)1-3(2-5(6)14(17)18)19(8,9,10,11)12/h1-2H. The van der Waals surface area contributed by atoms with Crippen molar-refractivity contribution in [2.75, 3.05) is 0 Å². The Balaban J connectivity index is 3.83. The molecule has 0 bridgehead atoms. The van der Waals surface area contributed by atoms with Crippen LogP contribution in [-0.4, -0.2) is 9.85 Å². The SMILES string of the molecule is O=[N+]([O-])c1cc(S(F)(F)(F)(F)F)cc([N+](=O)[O-])c1F. The van der Waals surface area contributed by atoms with Crippen LogP contribution < -0.4 is 0 Å². The van der Waals surface area contributed by atoms with E-state index in [0.717, 1.165) is 0 Å². The van der Waals surface area contributed by atoms with Crippen molar-refractivity contribution < 1.29 is 33.7 Å². The van der Waals surface area contributed by atoms with Gasteiger partial charge in [-0.25, -0.2) is 0 Å². The van der Waals surface area contributed by atoms with E-state index >= 15 is 0 Å². The van der Waals surface area contributed by atoms with Crippen LogP contribution in [0.1, 0.15) is 0 Å². The molecule has 0 aliphatic heterocycles. The molecule has 0 saturated carbocycles. The number of rotatable bonds is 3. The van der Waals surface area contributed by atoms with Gasteiger partial charge >= 0.3 is 21.6 Å². The van der Waals surface area contributed by atoms with E-state index < -0.39 is 54.3 Å². The highest BCUT2D eigenvalue weighted by atomic mass is 32.5. The van der Waals surface area contributed by atoms with Crippen LogP contribution in [0.15, 0.2) is 17.0 Å². The average molecular weight is 312 g/mol. The Hall–Kier alpha value is -2.05. The van der Waals surface area contributed by atoms with Gasteiger partial charge in [0.1, 0.15) is 4.90 Å². The Morgan fingerprint density at radius 2 is 1.21 bits per heavy atom. The number of hydrogen-bond acceptors (Lipinski definition) is 4. The summed E-state index contributed by atoms with van der Waals surface area (Å²) in [6.45, 7) is 0. The van der Waals surface area contributed by atoms with Gasteiger partial charge in [-0.3, -0.25) is 20.2 Å². The van der Waals surface area contributed by atoms with Crippen LogP contribution in [0.3, 0.4) is 0 Å². The maximum Gasteiger partial charge on any atom is 0.313 e. The zero-order valence-electron chi connectivity index (χ0n) is 8.36. The molecule has 0 aliphatic carbocycles. The summed E-state index contributed by atoms with van der Waals surface area (Å²) in [5.74, 6) is -2.24. The third kappa shape index (κ3) is 3.04. The maximum atomic E-state index is 13.1. The van der Waals surface area contributed by atoms with Crippen molar-refractivity contribution in [3.8, 4) is 0 Å². The van der Waals surface area contributed by atoms with Gasteiger partial charge in [-0.2, -0.15) is 4.39 Å². The summed E-state index contributed by atoms with van der Waals surface area (Å²) in [6, 6.07) is -1.55. The molecule has 19 heavy (non-hydrogen) atoms. The number of halogens is 6. The van der Waals surface area contributed by atoms with E-state index in [-0.39, 0.29) is 0 Å². The zero-order chi connectivity index (χ0) is 15.3. The van der Waals surface area contributed by atoms with Crippen LogP contribution in [-0.2, 0) is 0 Å². The summed E-state index contributed by atoms with van der Waals surface area (Å²) in [5.41, 5.74) is -4.12. The minimum Gasteiger partial charge on any atom is -0.258 e. The third-order valence-corrected chi connectivity index (χ3v) is 2.97. The molecular formula is C6H2F6N2O4S. The van der Waals surface area contributed by atoms with E-state index in [9.17, 15) is 44.0 Å². The molecule has 0 atom stereocenters. The van der Waals surface area contributed by atoms with Gasteiger partial charge in [-0.05, 0) is 0 Å². The van der Waals surface area contributed by atoms with Gasteiger partial charge in [0.25, 0.3) is 5.82 Å². The molecule has 6 nitrogen and oxygen atoms in total. The predicted octanol–water partition coefficient (Wildman–Crippen LogP) is 4.30. The number of benzene rings is 1. The van der Waals surface area contributed by atoms with Gasteiger partial charge in [-0.15, -0.1) is 0 Å². The first-order valence-electron chi connectivity index (χ1n) is 4.00. The van der Waals surface area contributed by atoms with Gasteiger partial charge in [0, 0.05) is 12.1 Å². The van der Waals surface area contributed by atoms with Crippen LogP contribution in [0.5, 0.6) is 0 Å². The summed E-state index contributed by atoms with van der Waals surface area (Å²) in [5, 5.41) is 20.5. The maximum absolute atomic E-state index is 13.1. The molecule has 1 rings (SSSR count). The lowest BCUT2D eigenvalue weighted by Gasteiger charge is -2.40. The van der Waals surface area contributed by atoms with E-state index in [2.05, 4.69) is 0 Å². The van der Waals surface area contributed by atoms with Crippen LogP contribution >= 0.6 is 10.2 Å². The first-order chi connectivity index (χ1) is 8.13.